The maximum absolute atomic E-state index is 6.00. The smallest absolute Gasteiger partial charge is 0.170 e. The Balaban J connectivity index is 1.07. The van der Waals surface area contributed by atoms with Crippen LogP contribution in [0.2, 0.25) is 5.02 Å². The predicted molar refractivity (Wildman–Crippen MR) is 137 cm³/mol. The van der Waals surface area contributed by atoms with Gasteiger partial charge in [-0.25, -0.2) is 0 Å². The van der Waals surface area contributed by atoms with E-state index in [1.165, 1.54) is 37.9 Å². The summed E-state index contributed by atoms with van der Waals surface area (Å²) < 4.78 is 11.5. The normalized spacial score (nSPS) is 15.1. The molecule has 0 bridgehead atoms. The highest BCUT2D eigenvalue weighted by atomic mass is 35.5. The molecule has 5 rings (SSSR count). The van der Waals surface area contributed by atoms with Crippen molar-refractivity contribution in [1.29, 1.82) is 0 Å². The van der Waals surface area contributed by atoms with Crippen molar-refractivity contribution in [2.24, 2.45) is 5.92 Å². The summed E-state index contributed by atoms with van der Waals surface area (Å²) in [5.41, 5.74) is 4.35. The first-order valence-corrected chi connectivity index (χ1v) is 12.6. The Hall–Kier alpha value is -2.82. The van der Waals surface area contributed by atoms with Gasteiger partial charge in [0.15, 0.2) is 5.58 Å². The number of piperidine rings is 1. The lowest BCUT2D eigenvalue weighted by atomic mass is 9.91. The van der Waals surface area contributed by atoms with Crippen LogP contribution in [-0.4, -0.2) is 23.1 Å². The minimum absolute atomic E-state index is 0.547. The van der Waals surface area contributed by atoms with E-state index in [0.717, 1.165) is 58.3 Å². The van der Waals surface area contributed by atoms with E-state index in [1.54, 1.807) is 0 Å². The Labute approximate surface area is 206 Å². The first-order valence-electron chi connectivity index (χ1n) is 12.2. The number of ether oxygens (including phenoxy) is 1. The zero-order valence-corrected chi connectivity index (χ0v) is 20.2. The lowest BCUT2D eigenvalue weighted by molar-refractivity contribution is 0.171. The van der Waals surface area contributed by atoms with E-state index in [0.29, 0.717) is 6.61 Å². The zero-order chi connectivity index (χ0) is 23.2. The fourth-order valence-corrected chi connectivity index (χ4v) is 4.95. The first kappa shape index (κ1) is 22.9. The second-order valence-corrected chi connectivity index (χ2v) is 9.74. The molecule has 1 aliphatic heterocycles. The average Bonchev–Trinajstić information content (AvgIpc) is 3.28. The number of hydrogen-bond acceptors (Lipinski definition) is 4. The molecule has 0 saturated carbocycles. The van der Waals surface area contributed by atoms with E-state index in [1.807, 2.05) is 42.5 Å². The molecule has 0 radical (unpaired) electrons. The van der Waals surface area contributed by atoms with Gasteiger partial charge in [-0.1, -0.05) is 59.2 Å². The van der Waals surface area contributed by atoms with E-state index in [2.05, 4.69) is 40.4 Å². The third-order valence-corrected chi connectivity index (χ3v) is 7.07. The summed E-state index contributed by atoms with van der Waals surface area (Å²) in [5.74, 6) is 1.61. The molecule has 0 atom stereocenters. The second kappa shape index (κ2) is 11.1. The molecule has 0 unspecified atom stereocenters. The molecule has 1 saturated heterocycles. The van der Waals surface area contributed by atoms with E-state index in [9.17, 15) is 0 Å². The number of aromatic nitrogens is 1. The molecule has 1 aromatic heterocycles. The minimum atomic E-state index is 0.547. The molecule has 0 N–H and O–H groups in total. The highest BCUT2D eigenvalue weighted by molar-refractivity contribution is 6.30. The largest absolute Gasteiger partial charge is 0.489 e. The Morgan fingerprint density at radius 3 is 2.53 bits per heavy atom. The third kappa shape index (κ3) is 5.99. The van der Waals surface area contributed by atoms with Crippen LogP contribution in [0, 0.1) is 5.92 Å². The maximum Gasteiger partial charge on any atom is 0.170 e. The Morgan fingerprint density at radius 2 is 1.74 bits per heavy atom. The first-order chi connectivity index (χ1) is 16.7. The van der Waals surface area contributed by atoms with Crippen molar-refractivity contribution in [2.45, 2.75) is 45.3 Å². The Kier molecular flexibility index (Phi) is 7.47. The van der Waals surface area contributed by atoms with Gasteiger partial charge in [0.25, 0.3) is 0 Å². The summed E-state index contributed by atoms with van der Waals surface area (Å²) in [5, 5.41) is 6.26. The fourth-order valence-electron chi connectivity index (χ4n) is 4.82. The quantitative estimate of drug-likeness (QED) is 0.255. The number of hydrogen-bond donors (Lipinski definition) is 0. The lowest BCUT2D eigenvalue weighted by Gasteiger charge is -2.32. The number of nitrogens with zero attached hydrogens (tertiary/aromatic N) is 2. The molecule has 4 nitrogen and oxygen atoms in total. The number of aryl methyl sites for hydroxylation is 1. The third-order valence-electron chi connectivity index (χ3n) is 6.82. The molecule has 34 heavy (non-hydrogen) atoms. The topological polar surface area (TPSA) is 38.5 Å². The summed E-state index contributed by atoms with van der Waals surface area (Å²) in [6.45, 7) is 3.91. The van der Waals surface area contributed by atoms with Gasteiger partial charge in [-0.3, -0.25) is 4.90 Å². The van der Waals surface area contributed by atoms with Gasteiger partial charge >= 0.3 is 0 Å². The molecule has 1 aliphatic rings. The van der Waals surface area contributed by atoms with Crippen molar-refractivity contribution in [1.82, 2.24) is 10.1 Å². The van der Waals surface area contributed by atoms with Gasteiger partial charge in [0.05, 0.1) is 5.69 Å². The molecule has 2 heterocycles. The van der Waals surface area contributed by atoms with Crippen molar-refractivity contribution in [3.63, 3.8) is 0 Å². The predicted octanol–water partition coefficient (Wildman–Crippen LogP) is 7.30. The lowest BCUT2D eigenvalue weighted by Crippen LogP contribution is -2.33. The van der Waals surface area contributed by atoms with Crippen LogP contribution in [-0.2, 0) is 19.6 Å². The number of fused-ring (bicyclic) bond motifs is 1. The van der Waals surface area contributed by atoms with E-state index in [4.69, 9.17) is 20.9 Å². The summed E-state index contributed by atoms with van der Waals surface area (Å²) in [6.07, 6.45) is 5.91. The highest BCUT2D eigenvalue weighted by Crippen LogP contribution is 2.28. The number of rotatable bonds is 9. The van der Waals surface area contributed by atoms with Crippen molar-refractivity contribution in [2.75, 3.05) is 13.1 Å². The molecule has 0 spiro atoms. The van der Waals surface area contributed by atoms with Crippen molar-refractivity contribution in [3.8, 4) is 5.75 Å². The van der Waals surface area contributed by atoms with Crippen LogP contribution in [0.1, 0.15) is 42.5 Å². The second-order valence-electron chi connectivity index (χ2n) is 9.30. The number of benzene rings is 3. The Morgan fingerprint density at radius 1 is 0.941 bits per heavy atom. The monoisotopic (exact) mass is 474 g/mol. The van der Waals surface area contributed by atoms with Gasteiger partial charge in [-0.2, -0.15) is 0 Å². The molecule has 1 fully saturated rings. The van der Waals surface area contributed by atoms with Crippen LogP contribution in [0.3, 0.4) is 0 Å². The van der Waals surface area contributed by atoms with Crippen molar-refractivity contribution in [3.05, 3.63) is 94.6 Å². The highest BCUT2D eigenvalue weighted by Gasteiger charge is 2.19. The van der Waals surface area contributed by atoms with Crippen LogP contribution in [0.4, 0.5) is 0 Å². The van der Waals surface area contributed by atoms with Gasteiger partial charge in [-0.05, 0) is 86.5 Å². The molecule has 3 aromatic carbocycles. The minimum Gasteiger partial charge on any atom is -0.489 e. The average molecular weight is 475 g/mol. The van der Waals surface area contributed by atoms with E-state index >= 15 is 0 Å². The van der Waals surface area contributed by atoms with Crippen LogP contribution in [0.15, 0.2) is 77.3 Å². The standard InChI is InChI=1S/C29H31ClN2O2/c30-25-11-9-23(10-12-25)20-32-17-15-22(16-18-32)7-4-8-28-27-14-13-26(19-29(27)34-31-28)33-21-24-5-2-1-3-6-24/h1-3,5-6,9-14,19,22H,4,7-8,15-18,20-21H2. The molecule has 0 aliphatic carbocycles. The molecule has 4 aromatic rings. The fraction of sp³-hybridized carbons (Fsp3) is 0.345. The molecular weight excluding hydrogens is 444 g/mol. The summed E-state index contributed by atoms with van der Waals surface area (Å²) in [4.78, 5) is 2.56. The van der Waals surface area contributed by atoms with Gasteiger partial charge < -0.3 is 9.26 Å². The van der Waals surface area contributed by atoms with Crippen LogP contribution >= 0.6 is 11.6 Å². The molecular formula is C29H31ClN2O2. The van der Waals surface area contributed by atoms with Crippen LogP contribution in [0.5, 0.6) is 5.75 Å². The summed E-state index contributed by atoms with van der Waals surface area (Å²) in [6, 6.07) is 24.5. The van der Waals surface area contributed by atoms with Crippen molar-refractivity contribution >= 4 is 22.6 Å². The van der Waals surface area contributed by atoms with E-state index in [-0.39, 0.29) is 0 Å². The number of halogens is 1. The Bertz CT molecular complexity index is 1180. The van der Waals surface area contributed by atoms with Gasteiger partial charge in [0, 0.05) is 23.0 Å². The molecule has 0 amide bonds. The maximum atomic E-state index is 6.00. The summed E-state index contributed by atoms with van der Waals surface area (Å²) in [7, 11) is 0. The number of likely N-dealkylation sites (tertiary alicyclic amines) is 1. The SMILES string of the molecule is Clc1ccc(CN2CCC(CCCc3noc4cc(OCc5ccccc5)ccc34)CC2)cc1. The van der Waals surface area contributed by atoms with Gasteiger partial charge in [0.2, 0.25) is 0 Å². The summed E-state index contributed by atoms with van der Waals surface area (Å²) >= 11 is 6.00. The van der Waals surface area contributed by atoms with Crippen LogP contribution < -0.4 is 4.74 Å². The van der Waals surface area contributed by atoms with Gasteiger partial charge in [-0.15, -0.1) is 0 Å². The zero-order valence-electron chi connectivity index (χ0n) is 19.5. The molecule has 176 valence electrons. The van der Waals surface area contributed by atoms with Crippen LogP contribution in [0.25, 0.3) is 11.0 Å². The molecule has 5 heteroatoms. The van der Waals surface area contributed by atoms with Gasteiger partial charge in [0.1, 0.15) is 12.4 Å². The van der Waals surface area contributed by atoms with E-state index < -0.39 is 0 Å². The van der Waals surface area contributed by atoms with Crippen molar-refractivity contribution < 1.29 is 9.26 Å².